The standard InChI is InChI=1S/C21H25N3O3S/c1-4-5-13-24-16(3)23-28(26,27)20-14-18(11-12-19(20)24)21(25)22-15(2)17-9-7-6-8-10-17/h6-12,14-15H,4-5,13H2,1-3H3,(H,22,25)/t15-/m0/s1. The minimum Gasteiger partial charge on any atom is -0.346 e. The van der Waals surface area contributed by atoms with E-state index in [1.807, 2.05) is 42.2 Å². The molecule has 1 aliphatic rings. The van der Waals surface area contributed by atoms with Gasteiger partial charge in [-0.05, 0) is 44.0 Å². The first-order valence-corrected chi connectivity index (χ1v) is 10.9. The second-order valence-corrected chi connectivity index (χ2v) is 8.48. The molecule has 2 aromatic rings. The van der Waals surface area contributed by atoms with Crippen molar-refractivity contribution in [2.75, 3.05) is 11.4 Å². The number of fused-ring (bicyclic) bond motifs is 1. The van der Waals surface area contributed by atoms with E-state index in [1.165, 1.54) is 6.07 Å². The fourth-order valence-electron chi connectivity index (χ4n) is 3.24. The van der Waals surface area contributed by atoms with E-state index in [0.29, 0.717) is 23.6 Å². The maximum atomic E-state index is 12.7. The fraction of sp³-hybridized carbons (Fsp3) is 0.333. The van der Waals surface area contributed by atoms with Gasteiger partial charge in [-0.25, -0.2) is 0 Å². The number of amidine groups is 1. The number of anilines is 1. The predicted octanol–water partition coefficient (Wildman–Crippen LogP) is 3.90. The van der Waals surface area contributed by atoms with E-state index in [1.54, 1.807) is 19.1 Å². The average molecular weight is 400 g/mol. The molecule has 6 nitrogen and oxygen atoms in total. The molecule has 0 aromatic heterocycles. The summed E-state index contributed by atoms with van der Waals surface area (Å²) in [6.07, 6.45) is 1.91. The summed E-state index contributed by atoms with van der Waals surface area (Å²) < 4.78 is 29.0. The molecule has 0 bridgehead atoms. The summed E-state index contributed by atoms with van der Waals surface area (Å²) in [6.45, 7) is 6.35. The SMILES string of the molecule is CCCCN1C(C)=NS(=O)(=O)c2cc(C(=O)N[C@@H](C)c3ccccc3)ccc21. The van der Waals surface area contributed by atoms with Crippen LogP contribution >= 0.6 is 0 Å². The quantitative estimate of drug-likeness (QED) is 0.799. The second kappa shape index (κ2) is 8.14. The van der Waals surface area contributed by atoms with Crippen LogP contribution in [0.15, 0.2) is 57.8 Å². The molecule has 148 valence electrons. The van der Waals surface area contributed by atoms with Crippen LogP contribution in [0.5, 0.6) is 0 Å². The zero-order valence-corrected chi connectivity index (χ0v) is 17.2. The Kier molecular flexibility index (Phi) is 5.84. The molecule has 0 fully saturated rings. The molecular weight excluding hydrogens is 374 g/mol. The first-order chi connectivity index (χ1) is 13.3. The molecule has 7 heteroatoms. The van der Waals surface area contributed by atoms with Gasteiger partial charge in [-0.3, -0.25) is 4.79 Å². The normalized spacial score (nSPS) is 16.1. The number of hydrogen-bond acceptors (Lipinski definition) is 4. The van der Waals surface area contributed by atoms with Gasteiger partial charge in [-0.2, -0.15) is 8.42 Å². The molecule has 0 radical (unpaired) electrons. The smallest absolute Gasteiger partial charge is 0.286 e. The monoisotopic (exact) mass is 399 g/mol. The van der Waals surface area contributed by atoms with Gasteiger partial charge in [0.1, 0.15) is 10.7 Å². The van der Waals surface area contributed by atoms with Crippen molar-refractivity contribution in [1.82, 2.24) is 5.32 Å². The Balaban J connectivity index is 1.89. The Labute approximate surface area is 166 Å². The minimum absolute atomic E-state index is 0.0780. The predicted molar refractivity (Wildman–Crippen MR) is 111 cm³/mol. The summed E-state index contributed by atoms with van der Waals surface area (Å²) in [4.78, 5) is 14.7. The highest BCUT2D eigenvalue weighted by atomic mass is 32.2. The van der Waals surface area contributed by atoms with Crippen molar-refractivity contribution < 1.29 is 13.2 Å². The van der Waals surface area contributed by atoms with Crippen LogP contribution in [0.4, 0.5) is 5.69 Å². The molecule has 0 spiro atoms. The highest BCUT2D eigenvalue weighted by Crippen LogP contribution is 2.33. The van der Waals surface area contributed by atoms with Gasteiger partial charge in [0.2, 0.25) is 0 Å². The zero-order valence-electron chi connectivity index (χ0n) is 16.3. The minimum atomic E-state index is -3.82. The van der Waals surface area contributed by atoms with E-state index < -0.39 is 10.0 Å². The highest BCUT2D eigenvalue weighted by Gasteiger charge is 2.29. The number of nitrogens with one attached hydrogen (secondary N) is 1. The van der Waals surface area contributed by atoms with Crippen LogP contribution in [0, 0.1) is 0 Å². The van der Waals surface area contributed by atoms with E-state index in [0.717, 1.165) is 18.4 Å². The summed E-state index contributed by atoms with van der Waals surface area (Å²) in [5, 5.41) is 2.92. The van der Waals surface area contributed by atoms with Crippen molar-refractivity contribution in [2.24, 2.45) is 4.40 Å². The average Bonchev–Trinajstić information content (AvgIpc) is 2.67. The third-order valence-corrected chi connectivity index (χ3v) is 6.20. The second-order valence-electron chi connectivity index (χ2n) is 6.91. The van der Waals surface area contributed by atoms with Gasteiger partial charge in [0.25, 0.3) is 15.9 Å². The molecule has 1 aliphatic heterocycles. The third-order valence-electron chi connectivity index (χ3n) is 4.82. The number of benzene rings is 2. The molecule has 0 aliphatic carbocycles. The molecule has 1 amide bonds. The van der Waals surface area contributed by atoms with Gasteiger partial charge in [-0.1, -0.05) is 43.7 Å². The number of hydrogen-bond donors (Lipinski definition) is 1. The number of unbranched alkanes of at least 4 members (excludes halogenated alkanes) is 1. The lowest BCUT2D eigenvalue weighted by atomic mass is 10.1. The number of sulfonamides is 1. The van der Waals surface area contributed by atoms with E-state index in [4.69, 9.17) is 0 Å². The maximum absolute atomic E-state index is 12.7. The van der Waals surface area contributed by atoms with E-state index >= 15 is 0 Å². The summed E-state index contributed by atoms with van der Waals surface area (Å²) in [5.41, 5.74) is 1.86. The zero-order chi connectivity index (χ0) is 20.3. The Hall–Kier alpha value is -2.67. The lowest BCUT2D eigenvalue weighted by Gasteiger charge is -2.29. The molecule has 1 N–H and O–H groups in total. The van der Waals surface area contributed by atoms with Crippen LogP contribution in [0.1, 0.15) is 55.6 Å². The largest absolute Gasteiger partial charge is 0.346 e. The molecule has 1 atom stereocenters. The van der Waals surface area contributed by atoms with Gasteiger partial charge in [0.15, 0.2) is 0 Å². The van der Waals surface area contributed by atoms with Gasteiger partial charge in [-0.15, -0.1) is 4.40 Å². The van der Waals surface area contributed by atoms with Gasteiger partial charge >= 0.3 is 0 Å². The maximum Gasteiger partial charge on any atom is 0.286 e. The Bertz CT molecular complexity index is 1000. The van der Waals surface area contributed by atoms with Crippen molar-refractivity contribution >= 4 is 27.5 Å². The summed E-state index contributed by atoms with van der Waals surface area (Å²) in [6, 6.07) is 14.2. The van der Waals surface area contributed by atoms with Crippen molar-refractivity contribution in [3.05, 3.63) is 59.7 Å². The van der Waals surface area contributed by atoms with Crippen LogP contribution in [-0.2, 0) is 10.0 Å². The number of amides is 1. The van der Waals surface area contributed by atoms with Crippen LogP contribution in [0.2, 0.25) is 0 Å². The topological polar surface area (TPSA) is 78.8 Å². The molecule has 3 rings (SSSR count). The Morgan fingerprint density at radius 3 is 2.57 bits per heavy atom. The van der Waals surface area contributed by atoms with Gasteiger partial charge < -0.3 is 10.2 Å². The van der Waals surface area contributed by atoms with Crippen molar-refractivity contribution in [3.8, 4) is 0 Å². The van der Waals surface area contributed by atoms with E-state index in [9.17, 15) is 13.2 Å². The first-order valence-electron chi connectivity index (χ1n) is 9.42. The number of nitrogens with zero attached hydrogens (tertiary/aromatic N) is 2. The van der Waals surface area contributed by atoms with E-state index in [-0.39, 0.29) is 16.8 Å². The van der Waals surface area contributed by atoms with Crippen LogP contribution in [0.3, 0.4) is 0 Å². The molecule has 0 unspecified atom stereocenters. The number of carbonyl (C=O) groups is 1. The number of carbonyl (C=O) groups excluding carboxylic acids is 1. The van der Waals surface area contributed by atoms with Crippen molar-refractivity contribution in [3.63, 3.8) is 0 Å². The molecule has 0 saturated heterocycles. The Morgan fingerprint density at radius 2 is 1.89 bits per heavy atom. The summed E-state index contributed by atoms with van der Waals surface area (Å²) >= 11 is 0. The summed E-state index contributed by atoms with van der Waals surface area (Å²) in [7, 11) is -3.82. The lowest BCUT2D eigenvalue weighted by Crippen LogP contribution is -2.35. The van der Waals surface area contributed by atoms with Crippen LogP contribution in [-0.4, -0.2) is 26.7 Å². The van der Waals surface area contributed by atoms with Gasteiger partial charge in [0.05, 0.1) is 11.7 Å². The molecule has 28 heavy (non-hydrogen) atoms. The molecular formula is C21H25N3O3S. The number of rotatable bonds is 6. The van der Waals surface area contributed by atoms with Crippen LogP contribution < -0.4 is 10.2 Å². The highest BCUT2D eigenvalue weighted by molar-refractivity contribution is 7.90. The van der Waals surface area contributed by atoms with Gasteiger partial charge in [0, 0.05) is 12.1 Å². The van der Waals surface area contributed by atoms with Crippen molar-refractivity contribution in [1.29, 1.82) is 0 Å². The lowest BCUT2D eigenvalue weighted by molar-refractivity contribution is 0.0939. The van der Waals surface area contributed by atoms with Crippen molar-refractivity contribution in [2.45, 2.75) is 44.6 Å². The molecule has 2 aromatic carbocycles. The summed E-state index contributed by atoms with van der Waals surface area (Å²) in [5.74, 6) is 0.136. The molecule has 1 heterocycles. The van der Waals surface area contributed by atoms with E-state index in [2.05, 4.69) is 16.6 Å². The Morgan fingerprint density at radius 1 is 1.18 bits per heavy atom. The van der Waals surface area contributed by atoms with Crippen LogP contribution in [0.25, 0.3) is 0 Å². The fourth-order valence-corrected chi connectivity index (χ4v) is 4.50. The molecule has 0 saturated carbocycles. The first kappa shape index (κ1) is 20.1. The third kappa shape index (κ3) is 4.09.